The Hall–Kier alpha value is -1.57. The fraction of sp³-hybridized carbons (Fsp3) is 0.182. The molecule has 0 saturated carbocycles. The number of nitrogens with one attached hydrogen (secondary N) is 1. The van der Waals surface area contributed by atoms with Crippen LogP contribution in [-0.4, -0.2) is 5.91 Å². The van der Waals surface area contributed by atoms with Gasteiger partial charge in [0.05, 0.1) is 0 Å². The second-order valence-electron chi connectivity index (χ2n) is 2.59. The summed E-state index contributed by atoms with van der Waals surface area (Å²) < 4.78 is 0. The van der Waals surface area contributed by atoms with E-state index in [0.717, 1.165) is 12.1 Å². The number of carbonyl (C=O) groups is 1. The molecule has 2 heteroatoms. The van der Waals surface area contributed by atoms with Crippen LogP contribution in [0, 0.1) is 6.07 Å². The Bertz CT molecular complexity index is 290. The van der Waals surface area contributed by atoms with Crippen molar-refractivity contribution in [2.75, 3.05) is 5.32 Å². The molecule has 1 N–H and O–H groups in total. The average molecular weight is 174 g/mol. The topological polar surface area (TPSA) is 29.1 Å². The third-order valence-corrected chi connectivity index (χ3v) is 1.49. The van der Waals surface area contributed by atoms with Gasteiger partial charge in [0.25, 0.3) is 0 Å². The van der Waals surface area contributed by atoms with Crippen molar-refractivity contribution in [3.05, 3.63) is 42.5 Å². The highest BCUT2D eigenvalue weighted by Crippen LogP contribution is 2.04. The lowest BCUT2D eigenvalue weighted by Gasteiger charge is -1.99. The Morgan fingerprint density at radius 3 is 2.85 bits per heavy atom. The lowest BCUT2D eigenvalue weighted by atomic mass is 10.3. The molecule has 0 heterocycles. The monoisotopic (exact) mass is 174 g/mol. The van der Waals surface area contributed by atoms with Crippen molar-refractivity contribution in [2.45, 2.75) is 13.3 Å². The first-order valence-corrected chi connectivity index (χ1v) is 4.26. The molecule has 0 atom stereocenters. The predicted octanol–water partition coefficient (Wildman–Crippen LogP) is 2.39. The smallest absolute Gasteiger partial charge is 0.248 e. The molecule has 0 unspecified atom stereocenters. The van der Waals surface area contributed by atoms with E-state index in [2.05, 4.69) is 11.4 Å². The SMILES string of the molecule is CCC=CC(=O)Nc1cc[c]cc1. The van der Waals surface area contributed by atoms with Crippen LogP contribution in [0.1, 0.15) is 13.3 Å². The first-order valence-electron chi connectivity index (χ1n) is 4.26. The van der Waals surface area contributed by atoms with E-state index in [4.69, 9.17) is 0 Å². The van der Waals surface area contributed by atoms with Gasteiger partial charge in [0, 0.05) is 5.69 Å². The number of carbonyl (C=O) groups excluding carboxylic acids is 1. The quantitative estimate of drug-likeness (QED) is 0.700. The maximum Gasteiger partial charge on any atom is 0.248 e. The van der Waals surface area contributed by atoms with Crippen molar-refractivity contribution in [3.8, 4) is 0 Å². The van der Waals surface area contributed by atoms with Gasteiger partial charge in [-0.1, -0.05) is 25.1 Å². The number of hydrogen-bond acceptors (Lipinski definition) is 1. The molecule has 0 saturated heterocycles. The van der Waals surface area contributed by atoms with Crippen LogP contribution >= 0.6 is 0 Å². The predicted molar refractivity (Wildman–Crippen MR) is 53.3 cm³/mol. The van der Waals surface area contributed by atoms with Gasteiger partial charge in [0.1, 0.15) is 0 Å². The van der Waals surface area contributed by atoms with Crippen molar-refractivity contribution in [1.82, 2.24) is 0 Å². The summed E-state index contributed by atoms with van der Waals surface area (Å²) in [7, 11) is 0. The van der Waals surface area contributed by atoms with E-state index in [9.17, 15) is 4.79 Å². The summed E-state index contributed by atoms with van der Waals surface area (Å²) in [6.07, 6.45) is 4.23. The zero-order chi connectivity index (χ0) is 9.52. The summed E-state index contributed by atoms with van der Waals surface area (Å²) in [4.78, 5) is 11.2. The van der Waals surface area contributed by atoms with Gasteiger partial charge in [0.15, 0.2) is 0 Å². The lowest BCUT2D eigenvalue weighted by molar-refractivity contribution is -0.111. The molecule has 0 aliphatic carbocycles. The number of benzene rings is 1. The van der Waals surface area contributed by atoms with Crippen LogP contribution in [0.4, 0.5) is 5.69 Å². The van der Waals surface area contributed by atoms with Gasteiger partial charge in [-0.05, 0) is 30.7 Å². The molecule has 1 radical (unpaired) electrons. The van der Waals surface area contributed by atoms with Crippen LogP contribution in [0.25, 0.3) is 0 Å². The summed E-state index contributed by atoms with van der Waals surface area (Å²) >= 11 is 0. The first kappa shape index (κ1) is 9.52. The Balaban J connectivity index is 2.50. The molecule has 1 rings (SSSR count). The largest absolute Gasteiger partial charge is 0.323 e. The minimum absolute atomic E-state index is 0.0898. The summed E-state index contributed by atoms with van der Waals surface area (Å²) in [5.74, 6) is -0.0898. The Morgan fingerprint density at radius 2 is 2.23 bits per heavy atom. The van der Waals surface area contributed by atoms with E-state index in [1.54, 1.807) is 24.3 Å². The minimum Gasteiger partial charge on any atom is -0.323 e. The van der Waals surface area contributed by atoms with Crippen molar-refractivity contribution < 1.29 is 4.79 Å². The molecule has 1 aromatic rings. The van der Waals surface area contributed by atoms with Crippen molar-refractivity contribution >= 4 is 11.6 Å². The first-order chi connectivity index (χ1) is 6.33. The van der Waals surface area contributed by atoms with E-state index >= 15 is 0 Å². The number of amides is 1. The molecule has 0 bridgehead atoms. The molecule has 67 valence electrons. The molecule has 2 nitrogen and oxygen atoms in total. The van der Waals surface area contributed by atoms with Gasteiger partial charge < -0.3 is 5.32 Å². The average Bonchev–Trinajstić information content (AvgIpc) is 2.16. The Morgan fingerprint density at radius 1 is 1.54 bits per heavy atom. The van der Waals surface area contributed by atoms with E-state index in [1.165, 1.54) is 6.08 Å². The van der Waals surface area contributed by atoms with Gasteiger partial charge >= 0.3 is 0 Å². The van der Waals surface area contributed by atoms with Crippen LogP contribution < -0.4 is 5.32 Å². The van der Waals surface area contributed by atoms with E-state index in [1.807, 2.05) is 13.0 Å². The van der Waals surface area contributed by atoms with Gasteiger partial charge in [-0.25, -0.2) is 0 Å². The third-order valence-electron chi connectivity index (χ3n) is 1.49. The van der Waals surface area contributed by atoms with Crippen molar-refractivity contribution in [1.29, 1.82) is 0 Å². The molecular weight excluding hydrogens is 162 g/mol. The van der Waals surface area contributed by atoms with E-state index in [0.29, 0.717) is 0 Å². The molecule has 0 aliphatic rings. The minimum atomic E-state index is -0.0898. The molecule has 0 fully saturated rings. The molecular formula is C11H12NO. The van der Waals surface area contributed by atoms with Crippen LogP contribution in [0.2, 0.25) is 0 Å². The molecule has 13 heavy (non-hydrogen) atoms. The third kappa shape index (κ3) is 3.56. The fourth-order valence-electron chi connectivity index (χ4n) is 0.879. The summed E-state index contributed by atoms with van der Waals surface area (Å²) in [5, 5.41) is 2.73. The number of hydrogen-bond donors (Lipinski definition) is 1. The second-order valence-corrected chi connectivity index (χ2v) is 2.59. The van der Waals surface area contributed by atoms with Crippen LogP contribution in [0.3, 0.4) is 0 Å². The molecule has 1 amide bonds. The highest BCUT2D eigenvalue weighted by Gasteiger charge is 1.94. The maximum atomic E-state index is 11.2. The number of anilines is 1. The highest BCUT2D eigenvalue weighted by molar-refractivity contribution is 5.99. The van der Waals surface area contributed by atoms with E-state index in [-0.39, 0.29) is 5.91 Å². The van der Waals surface area contributed by atoms with Crippen LogP contribution in [0.5, 0.6) is 0 Å². The Kier molecular flexibility index (Phi) is 3.76. The van der Waals surface area contributed by atoms with E-state index < -0.39 is 0 Å². The van der Waals surface area contributed by atoms with Crippen LogP contribution in [-0.2, 0) is 4.79 Å². The van der Waals surface area contributed by atoms with Gasteiger partial charge in [-0.15, -0.1) is 0 Å². The normalized spacial score (nSPS) is 10.2. The van der Waals surface area contributed by atoms with Gasteiger partial charge in [-0.2, -0.15) is 0 Å². The summed E-state index contributed by atoms with van der Waals surface area (Å²) in [6.45, 7) is 1.99. The molecule has 1 aromatic carbocycles. The zero-order valence-electron chi connectivity index (χ0n) is 7.58. The second kappa shape index (κ2) is 5.14. The number of allylic oxidation sites excluding steroid dienone is 1. The standard InChI is InChI=1S/C11H12NO/c1-2-3-9-11(13)12-10-7-5-4-6-8-10/h3,5-9H,2H2,1H3,(H,12,13). The van der Waals surface area contributed by atoms with Crippen LogP contribution in [0.15, 0.2) is 36.4 Å². The lowest BCUT2D eigenvalue weighted by Crippen LogP contribution is -2.07. The van der Waals surface area contributed by atoms with Crippen molar-refractivity contribution in [3.63, 3.8) is 0 Å². The highest BCUT2D eigenvalue weighted by atomic mass is 16.1. The number of rotatable bonds is 3. The summed E-state index contributed by atoms with van der Waals surface area (Å²) in [5.41, 5.74) is 0.796. The Labute approximate surface area is 78.3 Å². The molecule has 0 aromatic heterocycles. The maximum absolute atomic E-state index is 11.2. The zero-order valence-corrected chi connectivity index (χ0v) is 7.58. The molecule has 0 aliphatic heterocycles. The summed E-state index contributed by atoms with van der Waals surface area (Å²) in [6, 6.07) is 10.0. The van der Waals surface area contributed by atoms with Gasteiger partial charge in [0.2, 0.25) is 5.91 Å². The fourth-order valence-corrected chi connectivity index (χ4v) is 0.879. The van der Waals surface area contributed by atoms with Crippen molar-refractivity contribution in [2.24, 2.45) is 0 Å². The van der Waals surface area contributed by atoms with Gasteiger partial charge in [-0.3, -0.25) is 4.79 Å². The molecule has 0 spiro atoms.